The molecule has 2 unspecified atom stereocenters. The molecule has 1 aliphatic carbocycles. The first kappa shape index (κ1) is 13.5. The van der Waals surface area contributed by atoms with Gasteiger partial charge in [-0.2, -0.15) is 11.8 Å². The molecule has 1 aliphatic heterocycles. The van der Waals surface area contributed by atoms with Crippen molar-refractivity contribution >= 4 is 23.8 Å². The normalized spacial score (nSPS) is 26.3. The third-order valence-corrected chi connectivity index (χ3v) is 4.91. The molecule has 2 amide bonds. The Morgan fingerprint density at radius 3 is 2.72 bits per heavy atom. The van der Waals surface area contributed by atoms with Gasteiger partial charge in [-0.15, -0.1) is 0 Å². The van der Waals surface area contributed by atoms with Crippen molar-refractivity contribution in [3.8, 4) is 0 Å². The van der Waals surface area contributed by atoms with Crippen molar-refractivity contribution < 1.29 is 14.7 Å². The smallest absolute Gasteiger partial charge is 0.327 e. The van der Waals surface area contributed by atoms with E-state index in [1.54, 1.807) is 11.8 Å². The van der Waals surface area contributed by atoms with E-state index in [0.717, 1.165) is 5.75 Å². The Morgan fingerprint density at radius 1 is 1.44 bits per heavy atom. The van der Waals surface area contributed by atoms with Crippen LogP contribution in [-0.4, -0.2) is 52.1 Å². The van der Waals surface area contributed by atoms with Crippen molar-refractivity contribution in [2.24, 2.45) is 5.92 Å². The second-order valence-corrected chi connectivity index (χ2v) is 6.20. The van der Waals surface area contributed by atoms with Crippen LogP contribution < -0.4 is 5.32 Å². The van der Waals surface area contributed by atoms with Gasteiger partial charge >= 0.3 is 12.0 Å². The van der Waals surface area contributed by atoms with Gasteiger partial charge in [-0.1, -0.05) is 6.42 Å². The number of carboxylic acids is 1. The minimum Gasteiger partial charge on any atom is -0.480 e. The van der Waals surface area contributed by atoms with E-state index in [-0.39, 0.29) is 12.1 Å². The van der Waals surface area contributed by atoms with Crippen molar-refractivity contribution in [2.75, 3.05) is 18.1 Å². The SMILES string of the molecule is CC(NC(=O)N1CCSCC1C(=O)O)C1CCC1. The number of carboxylic acid groups (broad SMARTS) is 1. The molecule has 6 heteroatoms. The minimum atomic E-state index is -0.909. The first-order chi connectivity index (χ1) is 8.59. The largest absolute Gasteiger partial charge is 0.480 e. The fraction of sp³-hybridized carbons (Fsp3) is 0.833. The van der Waals surface area contributed by atoms with Gasteiger partial charge in [-0.3, -0.25) is 0 Å². The minimum absolute atomic E-state index is 0.148. The zero-order chi connectivity index (χ0) is 13.1. The fourth-order valence-electron chi connectivity index (χ4n) is 2.39. The topological polar surface area (TPSA) is 69.6 Å². The summed E-state index contributed by atoms with van der Waals surface area (Å²) in [6.07, 6.45) is 3.57. The Hall–Kier alpha value is -0.910. The van der Waals surface area contributed by atoms with E-state index in [1.807, 2.05) is 6.92 Å². The highest BCUT2D eigenvalue weighted by atomic mass is 32.2. The molecule has 2 rings (SSSR count). The summed E-state index contributed by atoms with van der Waals surface area (Å²) < 4.78 is 0. The number of aliphatic carboxylic acids is 1. The van der Waals surface area contributed by atoms with Crippen LogP contribution in [-0.2, 0) is 4.79 Å². The summed E-state index contributed by atoms with van der Waals surface area (Å²) in [4.78, 5) is 24.7. The van der Waals surface area contributed by atoms with Crippen molar-refractivity contribution in [2.45, 2.75) is 38.3 Å². The van der Waals surface area contributed by atoms with Gasteiger partial charge in [0.1, 0.15) is 6.04 Å². The van der Waals surface area contributed by atoms with Crippen LogP contribution in [0.2, 0.25) is 0 Å². The quantitative estimate of drug-likeness (QED) is 0.814. The molecule has 1 heterocycles. The Bertz CT molecular complexity index is 333. The third-order valence-electron chi connectivity index (χ3n) is 3.88. The number of amides is 2. The van der Waals surface area contributed by atoms with E-state index < -0.39 is 12.0 Å². The molecule has 2 atom stereocenters. The number of hydrogen-bond donors (Lipinski definition) is 2. The van der Waals surface area contributed by atoms with E-state index in [9.17, 15) is 9.59 Å². The maximum atomic E-state index is 12.1. The molecular formula is C12H20N2O3S. The molecule has 0 radical (unpaired) electrons. The number of carbonyl (C=O) groups is 2. The second-order valence-electron chi connectivity index (χ2n) is 5.05. The van der Waals surface area contributed by atoms with Crippen LogP contribution in [0.1, 0.15) is 26.2 Å². The molecule has 1 saturated heterocycles. The van der Waals surface area contributed by atoms with Crippen LogP contribution in [0.15, 0.2) is 0 Å². The number of nitrogens with one attached hydrogen (secondary N) is 1. The third kappa shape index (κ3) is 2.91. The molecule has 18 heavy (non-hydrogen) atoms. The molecule has 102 valence electrons. The summed E-state index contributed by atoms with van der Waals surface area (Å²) >= 11 is 1.59. The molecule has 5 nitrogen and oxygen atoms in total. The Morgan fingerprint density at radius 2 is 2.17 bits per heavy atom. The van der Waals surface area contributed by atoms with Crippen LogP contribution in [0.25, 0.3) is 0 Å². The van der Waals surface area contributed by atoms with Crippen LogP contribution in [0.4, 0.5) is 4.79 Å². The van der Waals surface area contributed by atoms with Gasteiger partial charge in [0.2, 0.25) is 0 Å². The molecule has 0 bridgehead atoms. The molecule has 0 aromatic carbocycles. The highest BCUT2D eigenvalue weighted by molar-refractivity contribution is 7.99. The maximum Gasteiger partial charge on any atom is 0.327 e. The van der Waals surface area contributed by atoms with Gasteiger partial charge in [0.05, 0.1) is 0 Å². The van der Waals surface area contributed by atoms with Crippen molar-refractivity contribution in [1.29, 1.82) is 0 Å². The summed E-state index contributed by atoms with van der Waals surface area (Å²) in [6, 6.07) is -0.755. The van der Waals surface area contributed by atoms with Crippen molar-refractivity contribution in [3.05, 3.63) is 0 Å². The molecule has 0 spiro atoms. The molecule has 2 N–H and O–H groups in total. The van der Waals surface area contributed by atoms with Gasteiger partial charge in [-0.05, 0) is 25.7 Å². The Balaban J connectivity index is 1.91. The summed E-state index contributed by atoms with van der Waals surface area (Å²) in [5.41, 5.74) is 0. The van der Waals surface area contributed by atoms with Crippen molar-refractivity contribution in [3.63, 3.8) is 0 Å². The van der Waals surface area contributed by atoms with E-state index in [4.69, 9.17) is 5.11 Å². The summed E-state index contributed by atoms with van der Waals surface area (Å²) in [5.74, 6) is 0.959. The number of hydrogen-bond acceptors (Lipinski definition) is 3. The predicted octanol–water partition coefficient (Wildman–Crippen LogP) is 1.39. The molecule has 1 saturated carbocycles. The molecule has 0 aromatic heterocycles. The molecule has 2 fully saturated rings. The average Bonchev–Trinajstić information content (AvgIpc) is 2.26. The number of rotatable bonds is 3. The van der Waals surface area contributed by atoms with Crippen LogP contribution in [0.3, 0.4) is 0 Å². The zero-order valence-electron chi connectivity index (χ0n) is 10.6. The Labute approximate surface area is 111 Å². The van der Waals surface area contributed by atoms with Gasteiger partial charge in [0, 0.05) is 24.1 Å². The standard InChI is InChI=1S/C12H20N2O3S/c1-8(9-3-2-4-9)13-12(17)14-5-6-18-7-10(14)11(15)16/h8-10H,2-7H2,1H3,(H,13,17)(H,15,16). The lowest BCUT2D eigenvalue weighted by Crippen LogP contribution is -2.56. The maximum absolute atomic E-state index is 12.1. The fourth-order valence-corrected chi connectivity index (χ4v) is 3.42. The number of thioether (sulfide) groups is 1. The molecule has 0 aromatic rings. The average molecular weight is 272 g/mol. The number of nitrogens with zero attached hydrogens (tertiary/aromatic N) is 1. The first-order valence-corrected chi connectivity index (χ1v) is 7.62. The lowest BCUT2D eigenvalue weighted by molar-refractivity contribution is -0.141. The Kier molecular flexibility index (Phi) is 4.37. The monoisotopic (exact) mass is 272 g/mol. The molecular weight excluding hydrogens is 252 g/mol. The van der Waals surface area contributed by atoms with E-state index in [2.05, 4.69) is 5.32 Å². The van der Waals surface area contributed by atoms with Crippen LogP contribution in [0.5, 0.6) is 0 Å². The number of carbonyl (C=O) groups excluding carboxylic acids is 1. The highest BCUT2D eigenvalue weighted by Gasteiger charge is 2.34. The van der Waals surface area contributed by atoms with Gasteiger partial charge in [-0.25, -0.2) is 9.59 Å². The van der Waals surface area contributed by atoms with Crippen LogP contribution >= 0.6 is 11.8 Å². The van der Waals surface area contributed by atoms with Gasteiger partial charge < -0.3 is 15.3 Å². The van der Waals surface area contributed by atoms with Gasteiger partial charge in [0.25, 0.3) is 0 Å². The molecule has 2 aliphatic rings. The van der Waals surface area contributed by atoms with Crippen molar-refractivity contribution in [1.82, 2.24) is 10.2 Å². The highest BCUT2D eigenvalue weighted by Crippen LogP contribution is 2.29. The lowest BCUT2D eigenvalue weighted by Gasteiger charge is -2.36. The van der Waals surface area contributed by atoms with E-state index in [1.165, 1.54) is 24.2 Å². The lowest BCUT2D eigenvalue weighted by atomic mass is 9.80. The summed E-state index contributed by atoms with van der Waals surface area (Å²) in [7, 11) is 0. The van der Waals surface area contributed by atoms with Gasteiger partial charge in [0.15, 0.2) is 0 Å². The zero-order valence-corrected chi connectivity index (χ0v) is 11.4. The first-order valence-electron chi connectivity index (χ1n) is 6.47. The predicted molar refractivity (Wildman–Crippen MR) is 70.8 cm³/mol. The number of urea groups is 1. The van der Waals surface area contributed by atoms with E-state index in [0.29, 0.717) is 18.2 Å². The second kappa shape index (κ2) is 5.82. The van der Waals surface area contributed by atoms with E-state index >= 15 is 0 Å². The van der Waals surface area contributed by atoms with Crippen LogP contribution in [0, 0.1) is 5.92 Å². The summed E-state index contributed by atoms with van der Waals surface area (Å²) in [6.45, 7) is 2.53. The summed E-state index contributed by atoms with van der Waals surface area (Å²) in [5, 5.41) is 12.1.